The Morgan fingerprint density at radius 1 is 1.37 bits per heavy atom. The highest BCUT2D eigenvalue weighted by Gasteiger charge is 2.54. The number of carbonyl (C=O) groups excluding carboxylic acids is 1. The molecule has 2 fully saturated rings. The monoisotopic (exact) mass is 396 g/mol. The van der Waals surface area contributed by atoms with Crippen molar-refractivity contribution in [1.82, 2.24) is 9.62 Å². The summed E-state index contributed by atoms with van der Waals surface area (Å²) in [7, 11) is -3.52. The quantitative estimate of drug-likeness (QED) is 0.733. The normalized spacial score (nSPS) is 26.0. The van der Waals surface area contributed by atoms with Crippen molar-refractivity contribution >= 4 is 16.1 Å². The SMILES string of the molecule is C[C@H](O)CNS(=O)(=O)C[C@]12CCC[C@H]1N(C(=O)OCc1ccccc1)CC2. The highest BCUT2D eigenvalue weighted by atomic mass is 32.2. The first-order valence-corrected chi connectivity index (χ1v) is 11.1. The highest BCUT2D eigenvalue weighted by molar-refractivity contribution is 7.89. The summed E-state index contributed by atoms with van der Waals surface area (Å²) < 4.78 is 32.9. The summed E-state index contributed by atoms with van der Waals surface area (Å²) in [5.41, 5.74) is 0.503. The molecular formula is C19H28N2O5S. The third-order valence-electron chi connectivity index (χ3n) is 5.60. The average Bonchev–Trinajstić information content (AvgIpc) is 3.16. The van der Waals surface area contributed by atoms with E-state index in [1.165, 1.54) is 0 Å². The maximum atomic E-state index is 12.6. The third kappa shape index (κ3) is 4.80. The molecule has 0 unspecified atom stereocenters. The number of hydrogen-bond acceptors (Lipinski definition) is 5. The number of aliphatic hydroxyl groups is 1. The first-order chi connectivity index (χ1) is 12.8. The molecule has 1 aromatic carbocycles. The van der Waals surface area contributed by atoms with Crippen LogP contribution in [0.5, 0.6) is 0 Å². The molecule has 27 heavy (non-hydrogen) atoms. The molecule has 0 aromatic heterocycles. The van der Waals surface area contributed by atoms with E-state index in [-0.39, 0.29) is 31.0 Å². The van der Waals surface area contributed by atoms with Gasteiger partial charge in [-0.2, -0.15) is 0 Å². The van der Waals surface area contributed by atoms with Crippen molar-refractivity contribution in [2.45, 2.75) is 51.4 Å². The molecule has 0 radical (unpaired) electrons. The molecule has 2 N–H and O–H groups in total. The minimum atomic E-state index is -3.52. The number of nitrogens with one attached hydrogen (secondary N) is 1. The van der Waals surface area contributed by atoms with E-state index >= 15 is 0 Å². The summed E-state index contributed by atoms with van der Waals surface area (Å²) in [6.45, 7) is 2.28. The van der Waals surface area contributed by atoms with Crippen LogP contribution in [-0.2, 0) is 21.4 Å². The zero-order valence-electron chi connectivity index (χ0n) is 15.6. The smallest absolute Gasteiger partial charge is 0.410 e. The number of benzene rings is 1. The van der Waals surface area contributed by atoms with Crippen molar-refractivity contribution in [2.24, 2.45) is 5.41 Å². The molecule has 7 nitrogen and oxygen atoms in total. The number of rotatable bonds is 7. The molecule has 3 rings (SSSR count). The summed E-state index contributed by atoms with van der Waals surface area (Å²) in [5, 5.41) is 9.33. The highest BCUT2D eigenvalue weighted by Crippen LogP contribution is 2.49. The average molecular weight is 397 g/mol. The Kier molecular flexibility index (Phi) is 6.08. The number of fused-ring (bicyclic) bond motifs is 1. The van der Waals surface area contributed by atoms with Crippen molar-refractivity contribution in [2.75, 3.05) is 18.8 Å². The van der Waals surface area contributed by atoms with Gasteiger partial charge in [0, 0.05) is 24.5 Å². The Morgan fingerprint density at radius 2 is 2.11 bits per heavy atom. The van der Waals surface area contributed by atoms with Gasteiger partial charge in [0.05, 0.1) is 11.9 Å². The van der Waals surface area contributed by atoms with Gasteiger partial charge in [-0.15, -0.1) is 0 Å². The van der Waals surface area contributed by atoms with Crippen molar-refractivity contribution < 1.29 is 23.1 Å². The molecule has 150 valence electrons. The molecule has 1 heterocycles. The van der Waals surface area contributed by atoms with Crippen LogP contribution in [0.4, 0.5) is 4.79 Å². The van der Waals surface area contributed by atoms with Crippen LogP contribution in [0.25, 0.3) is 0 Å². The summed E-state index contributed by atoms with van der Waals surface area (Å²) in [6, 6.07) is 9.39. The van der Waals surface area contributed by atoms with Crippen LogP contribution in [0.1, 0.15) is 38.2 Å². The van der Waals surface area contributed by atoms with E-state index in [0.717, 1.165) is 24.8 Å². The second-order valence-corrected chi connectivity index (χ2v) is 9.52. The molecule has 1 saturated heterocycles. The molecule has 8 heteroatoms. The lowest BCUT2D eigenvalue weighted by molar-refractivity contribution is 0.0853. The maximum absolute atomic E-state index is 12.6. The molecule has 2 aliphatic rings. The Labute approximate surface area is 160 Å². The van der Waals surface area contributed by atoms with Gasteiger partial charge in [0.25, 0.3) is 0 Å². The molecule has 0 spiro atoms. The van der Waals surface area contributed by atoms with E-state index < -0.39 is 21.5 Å². The Bertz CT molecular complexity index is 753. The van der Waals surface area contributed by atoms with Crippen molar-refractivity contribution in [3.8, 4) is 0 Å². The third-order valence-corrected chi connectivity index (χ3v) is 7.16. The molecular weight excluding hydrogens is 368 g/mol. The number of nitrogens with zero attached hydrogens (tertiary/aromatic N) is 1. The molecule has 1 aliphatic carbocycles. The van der Waals surface area contributed by atoms with Crippen molar-refractivity contribution in [1.29, 1.82) is 0 Å². The molecule has 0 bridgehead atoms. The second kappa shape index (κ2) is 8.16. The standard InChI is InChI=1S/C19H28N2O5S/c1-15(22)12-20-27(24,25)14-19-9-5-8-17(19)21(11-10-19)18(23)26-13-16-6-3-2-4-7-16/h2-4,6-7,15,17,20,22H,5,8-14H2,1H3/t15-,17+,19+/m0/s1. The van der Waals surface area contributed by atoms with Gasteiger partial charge in [-0.1, -0.05) is 36.8 Å². The topological polar surface area (TPSA) is 95.9 Å². The van der Waals surface area contributed by atoms with Gasteiger partial charge in [0.15, 0.2) is 0 Å². The van der Waals surface area contributed by atoms with Crippen molar-refractivity contribution in [3.63, 3.8) is 0 Å². The number of amides is 1. The Balaban J connectivity index is 1.63. The van der Waals surface area contributed by atoms with E-state index in [9.17, 15) is 18.3 Å². The van der Waals surface area contributed by atoms with Gasteiger partial charge < -0.3 is 14.7 Å². The zero-order valence-corrected chi connectivity index (χ0v) is 16.5. The fourth-order valence-corrected chi connectivity index (χ4v) is 6.17. The second-order valence-electron chi connectivity index (χ2n) is 7.71. The van der Waals surface area contributed by atoms with Gasteiger partial charge in [0.2, 0.25) is 10.0 Å². The number of ether oxygens (including phenoxy) is 1. The molecule has 1 aliphatic heterocycles. The molecule has 1 aromatic rings. The zero-order chi connectivity index (χ0) is 19.5. The predicted octanol–water partition coefficient (Wildman–Crippen LogP) is 1.87. The van der Waals surface area contributed by atoms with E-state index in [4.69, 9.17) is 4.74 Å². The molecule has 1 saturated carbocycles. The number of likely N-dealkylation sites (tertiary alicyclic amines) is 1. The first-order valence-electron chi connectivity index (χ1n) is 9.44. The van der Waals surface area contributed by atoms with Crippen LogP contribution in [0.2, 0.25) is 0 Å². The van der Waals surface area contributed by atoms with Crippen LogP contribution < -0.4 is 4.72 Å². The van der Waals surface area contributed by atoms with Crippen LogP contribution in [0.15, 0.2) is 30.3 Å². The minimum Gasteiger partial charge on any atom is -0.445 e. The largest absolute Gasteiger partial charge is 0.445 e. The van der Waals surface area contributed by atoms with Gasteiger partial charge in [0.1, 0.15) is 6.61 Å². The summed E-state index contributed by atoms with van der Waals surface area (Å²) in [4.78, 5) is 14.3. The lowest BCUT2D eigenvalue weighted by atomic mass is 9.84. The van der Waals surface area contributed by atoms with Gasteiger partial charge in [-0.05, 0) is 31.7 Å². The number of sulfonamides is 1. The summed E-state index contributed by atoms with van der Waals surface area (Å²) in [6.07, 6.45) is 2.04. The van der Waals surface area contributed by atoms with E-state index in [1.54, 1.807) is 11.8 Å². The van der Waals surface area contributed by atoms with Gasteiger partial charge in [-0.3, -0.25) is 0 Å². The minimum absolute atomic E-state index is 0.00586. The number of carbonyl (C=O) groups is 1. The van der Waals surface area contributed by atoms with Crippen LogP contribution >= 0.6 is 0 Å². The van der Waals surface area contributed by atoms with Crippen LogP contribution in [0.3, 0.4) is 0 Å². The van der Waals surface area contributed by atoms with Crippen molar-refractivity contribution in [3.05, 3.63) is 35.9 Å². The van der Waals surface area contributed by atoms with E-state index in [0.29, 0.717) is 13.0 Å². The predicted molar refractivity (Wildman–Crippen MR) is 101 cm³/mol. The van der Waals surface area contributed by atoms with Gasteiger partial charge in [-0.25, -0.2) is 17.9 Å². The Morgan fingerprint density at radius 3 is 2.81 bits per heavy atom. The maximum Gasteiger partial charge on any atom is 0.410 e. The van der Waals surface area contributed by atoms with Crippen LogP contribution in [0, 0.1) is 5.41 Å². The molecule has 1 amide bonds. The first kappa shape index (κ1) is 20.1. The number of aliphatic hydroxyl groups excluding tert-OH is 1. The van der Waals surface area contributed by atoms with Gasteiger partial charge >= 0.3 is 6.09 Å². The summed E-state index contributed by atoms with van der Waals surface area (Å²) >= 11 is 0. The number of hydrogen-bond donors (Lipinski definition) is 2. The lowest BCUT2D eigenvalue weighted by Crippen LogP contribution is -2.45. The fraction of sp³-hybridized carbons (Fsp3) is 0.632. The molecule has 3 atom stereocenters. The Hall–Kier alpha value is -1.64. The van der Waals surface area contributed by atoms with Crippen LogP contribution in [-0.4, -0.2) is 55.5 Å². The lowest BCUT2D eigenvalue weighted by Gasteiger charge is -2.31. The van der Waals surface area contributed by atoms with E-state index in [2.05, 4.69) is 4.72 Å². The fourth-order valence-electron chi connectivity index (χ4n) is 4.34. The summed E-state index contributed by atoms with van der Waals surface area (Å²) in [5.74, 6) is -0.0140. The van der Waals surface area contributed by atoms with E-state index in [1.807, 2.05) is 30.3 Å².